The van der Waals surface area contributed by atoms with Crippen LogP contribution in [0, 0.1) is 20.2 Å². The van der Waals surface area contributed by atoms with Gasteiger partial charge in [0, 0.05) is 66.2 Å². The van der Waals surface area contributed by atoms with Gasteiger partial charge in [0.1, 0.15) is 11.5 Å². The second-order valence-electron chi connectivity index (χ2n) is 8.52. The van der Waals surface area contributed by atoms with E-state index in [9.17, 15) is 40.7 Å². The predicted molar refractivity (Wildman–Crippen MR) is 172 cm³/mol. The topological polar surface area (TPSA) is 167 Å². The molecule has 0 aliphatic carbocycles. The van der Waals surface area contributed by atoms with Crippen LogP contribution in [0.3, 0.4) is 0 Å². The largest absolute Gasteiger partial charge is 0.506 e. The van der Waals surface area contributed by atoms with Crippen molar-refractivity contribution in [1.29, 1.82) is 0 Å². The summed E-state index contributed by atoms with van der Waals surface area (Å²) in [4.78, 5) is 20.4. The number of nitrogens with zero attached hydrogens (tertiary/aromatic N) is 2. The fourth-order valence-electron chi connectivity index (χ4n) is 3.75. The molecule has 0 atom stereocenters. The summed E-state index contributed by atoms with van der Waals surface area (Å²) in [5, 5.41) is 62.8. The van der Waals surface area contributed by atoms with Gasteiger partial charge in [0.2, 0.25) is 0 Å². The SMILES string of the molecule is O=[N+]([O-])c1cc(Br)cc(Cc2cc(Br)cc([N+](=O)[O-])c2O)c1O.Oc1c(Br)cc(Cl)cc1Cc1cc(Cl)cc(Br)c1O. The third kappa shape index (κ3) is 8.26. The van der Waals surface area contributed by atoms with Gasteiger partial charge < -0.3 is 20.4 Å². The summed E-state index contributed by atoms with van der Waals surface area (Å²) in [7, 11) is 0. The molecule has 0 aromatic heterocycles. The maximum absolute atomic E-state index is 10.9. The van der Waals surface area contributed by atoms with Crippen molar-refractivity contribution in [1.82, 2.24) is 0 Å². The average molecular weight is 875 g/mol. The zero-order valence-electron chi connectivity index (χ0n) is 20.6. The Morgan fingerprint density at radius 1 is 0.548 bits per heavy atom. The number of hydrogen-bond acceptors (Lipinski definition) is 8. The molecule has 0 heterocycles. The van der Waals surface area contributed by atoms with E-state index in [-0.39, 0.29) is 29.0 Å². The summed E-state index contributed by atoms with van der Waals surface area (Å²) in [6, 6.07) is 11.7. The number of benzene rings is 4. The molecule has 10 nitrogen and oxygen atoms in total. The highest BCUT2D eigenvalue weighted by molar-refractivity contribution is 9.11. The molecule has 42 heavy (non-hydrogen) atoms. The molecule has 0 radical (unpaired) electrons. The van der Waals surface area contributed by atoms with Crippen molar-refractivity contribution in [3.8, 4) is 23.0 Å². The molecule has 0 aliphatic heterocycles. The lowest BCUT2D eigenvalue weighted by Crippen LogP contribution is -1.97. The number of phenols is 4. The number of hydrogen-bond donors (Lipinski definition) is 4. The molecule has 0 spiro atoms. The molecule has 4 aromatic carbocycles. The van der Waals surface area contributed by atoms with Gasteiger partial charge in [-0.2, -0.15) is 0 Å². The molecule has 220 valence electrons. The second kappa shape index (κ2) is 14.2. The second-order valence-corrected chi connectivity index (χ2v) is 12.9. The lowest BCUT2D eigenvalue weighted by atomic mass is 10.0. The zero-order chi connectivity index (χ0) is 31.5. The van der Waals surface area contributed by atoms with Crippen LogP contribution in [0.5, 0.6) is 23.0 Å². The Morgan fingerprint density at radius 3 is 1.17 bits per heavy atom. The van der Waals surface area contributed by atoms with Gasteiger partial charge in [0.25, 0.3) is 0 Å². The van der Waals surface area contributed by atoms with Crippen LogP contribution >= 0.6 is 86.9 Å². The molecule has 0 aliphatic rings. The number of halogens is 6. The first kappa shape index (κ1) is 33.9. The highest BCUT2D eigenvalue weighted by atomic mass is 79.9. The zero-order valence-corrected chi connectivity index (χ0v) is 28.5. The van der Waals surface area contributed by atoms with E-state index in [2.05, 4.69) is 63.7 Å². The van der Waals surface area contributed by atoms with Gasteiger partial charge in [-0.3, -0.25) is 20.2 Å². The van der Waals surface area contributed by atoms with Crippen LogP contribution in [-0.4, -0.2) is 30.3 Å². The van der Waals surface area contributed by atoms with Crippen molar-refractivity contribution in [2.75, 3.05) is 0 Å². The van der Waals surface area contributed by atoms with Gasteiger partial charge in [-0.1, -0.05) is 55.1 Å². The Labute approximate surface area is 281 Å². The van der Waals surface area contributed by atoms with Crippen molar-refractivity contribution < 1.29 is 30.3 Å². The molecule has 4 aromatic rings. The number of aromatic hydroxyl groups is 4. The third-order valence-corrected chi connectivity index (χ3v) is 8.20. The molecule has 16 heteroatoms. The molecule has 0 bridgehead atoms. The van der Waals surface area contributed by atoms with Crippen molar-refractivity contribution in [2.45, 2.75) is 12.8 Å². The first-order valence-corrected chi connectivity index (χ1v) is 15.2. The summed E-state index contributed by atoms with van der Waals surface area (Å²) in [5.74, 6) is -0.916. The van der Waals surface area contributed by atoms with Crippen molar-refractivity contribution in [2.24, 2.45) is 0 Å². The smallest absolute Gasteiger partial charge is 0.312 e. The van der Waals surface area contributed by atoms with E-state index in [1.807, 2.05) is 0 Å². The van der Waals surface area contributed by atoms with Crippen LogP contribution < -0.4 is 0 Å². The van der Waals surface area contributed by atoms with Crippen molar-refractivity contribution in [3.05, 3.63) is 119 Å². The van der Waals surface area contributed by atoms with Gasteiger partial charge in [-0.05, 0) is 68.3 Å². The molecule has 0 fully saturated rings. The lowest BCUT2D eigenvalue weighted by Gasteiger charge is -2.10. The Bertz CT molecular complexity index is 1600. The van der Waals surface area contributed by atoms with Gasteiger partial charge >= 0.3 is 11.4 Å². The first-order chi connectivity index (χ1) is 19.6. The van der Waals surface area contributed by atoms with Crippen LogP contribution in [0.1, 0.15) is 22.3 Å². The molecule has 4 N–H and O–H groups in total. The Hall–Kier alpha value is -2.62. The van der Waals surface area contributed by atoms with Crippen LogP contribution in [0.4, 0.5) is 11.4 Å². The van der Waals surface area contributed by atoms with Gasteiger partial charge in [0.05, 0.1) is 18.8 Å². The molecular formula is C26H16Br4Cl2N2O8. The minimum atomic E-state index is -0.743. The first-order valence-electron chi connectivity index (χ1n) is 11.2. The molecule has 0 unspecified atom stereocenters. The fourth-order valence-corrected chi connectivity index (χ4v) is 6.48. The normalized spacial score (nSPS) is 10.6. The number of nitro benzene ring substituents is 2. The summed E-state index contributed by atoms with van der Waals surface area (Å²) < 4.78 is 1.74. The van der Waals surface area contributed by atoms with E-state index in [0.717, 1.165) is 12.1 Å². The highest BCUT2D eigenvalue weighted by Crippen LogP contribution is 2.40. The van der Waals surface area contributed by atoms with Gasteiger partial charge in [-0.15, -0.1) is 0 Å². The minimum absolute atomic E-state index is 0.0971. The summed E-state index contributed by atoms with van der Waals surface area (Å²) in [5.41, 5.74) is 0.493. The maximum Gasteiger partial charge on any atom is 0.312 e. The molecule has 0 saturated carbocycles. The number of rotatable bonds is 6. The Balaban J connectivity index is 0.000000235. The maximum atomic E-state index is 10.9. The number of phenolic OH excluding ortho intramolecular Hbond substituents is 4. The van der Waals surface area contributed by atoms with E-state index in [1.54, 1.807) is 24.3 Å². The van der Waals surface area contributed by atoms with E-state index in [4.69, 9.17) is 23.2 Å². The van der Waals surface area contributed by atoms with E-state index >= 15 is 0 Å². The van der Waals surface area contributed by atoms with Gasteiger partial charge in [-0.25, -0.2) is 0 Å². The number of nitro groups is 2. The Morgan fingerprint density at radius 2 is 0.857 bits per heavy atom. The molecule has 0 amide bonds. The van der Waals surface area contributed by atoms with E-state index in [1.165, 1.54) is 12.1 Å². The van der Waals surface area contributed by atoms with Crippen molar-refractivity contribution >= 4 is 98.3 Å². The van der Waals surface area contributed by atoms with Crippen LogP contribution in [-0.2, 0) is 12.8 Å². The predicted octanol–water partition coefficient (Wildman–Crippen LogP) is 9.55. The molecule has 0 saturated heterocycles. The van der Waals surface area contributed by atoms with Crippen LogP contribution in [0.25, 0.3) is 0 Å². The van der Waals surface area contributed by atoms with E-state index < -0.39 is 32.7 Å². The summed E-state index contributed by atoms with van der Waals surface area (Å²) >= 11 is 24.6. The van der Waals surface area contributed by atoms with Gasteiger partial charge in [0.15, 0.2) is 11.5 Å². The monoisotopic (exact) mass is 870 g/mol. The minimum Gasteiger partial charge on any atom is -0.506 e. The van der Waals surface area contributed by atoms with Crippen LogP contribution in [0.2, 0.25) is 10.0 Å². The Kier molecular flexibility index (Phi) is 11.5. The fraction of sp³-hybridized carbons (Fsp3) is 0.0769. The average Bonchev–Trinajstić information content (AvgIpc) is 2.89. The third-order valence-electron chi connectivity index (χ3n) is 5.64. The molecular weight excluding hydrogens is 859 g/mol. The highest BCUT2D eigenvalue weighted by Gasteiger charge is 2.23. The molecule has 4 rings (SSSR count). The van der Waals surface area contributed by atoms with Crippen LogP contribution in [0.15, 0.2) is 66.4 Å². The summed E-state index contributed by atoms with van der Waals surface area (Å²) in [6.45, 7) is 0. The quantitative estimate of drug-likeness (QED) is 0.110. The van der Waals surface area contributed by atoms with Crippen molar-refractivity contribution in [3.63, 3.8) is 0 Å². The summed E-state index contributed by atoms with van der Waals surface area (Å²) in [6.07, 6.45) is 0.189. The lowest BCUT2D eigenvalue weighted by molar-refractivity contribution is -0.386. The standard InChI is InChI=1S/C13H8Br2Cl2O2.C13H8Br2N2O6/c14-10-4-8(16)2-6(12(10)18)1-7-3-9(17)5-11(15)13(7)19;14-8-2-6(12(18)10(4-8)16(20)21)1-7-3-9(15)5-11(13(7)19)17(22)23/h2-5,18-19H,1H2;2-5,18-19H,1H2. The van der Waals surface area contributed by atoms with E-state index in [0.29, 0.717) is 45.5 Å².